The quantitative estimate of drug-likeness (QED) is 0.871. The van der Waals surface area contributed by atoms with Crippen molar-refractivity contribution in [2.45, 2.75) is 39.3 Å². The number of benzene rings is 1. The summed E-state index contributed by atoms with van der Waals surface area (Å²) in [4.78, 5) is 13.7. The van der Waals surface area contributed by atoms with E-state index in [1.54, 1.807) is 17.0 Å². The minimum absolute atomic E-state index is 0.122. The minimum Gasteiger partial charge on any atom is -0.337 e. The Balaban J connectivity index is 2.81. The number of carbonyl (C=O) groups is 1. The Labute approximate surface area is 122 Å². The molecule has 5 heteroatoms. The molecule has 0 aromatic heterocycles. The Morgan fingerprint density at radius 1 is 1.47 bits per heavy atom. The maximum Gasteiger partial charge on any atom is 0.239 e. The zero-order valence-electron chi connectivity index (χ0n) is 11.3. The number of rotatable bonds is 6. The van der Waals surface area contributed by atoms with E-state index >= 15 is 0 Å². The van der Waals surface area contributed by atoms with E-state index in [0.717, 1.165) is 10.9 Å². The number of hydrogen-bond acceptors (Lipinski definition) is 2. The molecule has 1 atom stereocenters. The summed E-state index contributed by atoms with van der Waals surface area (Å²) in [5, 5.41) is 0. The van der Waals surface area contributed by atoms with Crippen LogP contribution >= 0.6 is 15.9 Å². The average molecular weight is 331 g/mol. The Kier molecular flexibility index (Phi) is 6.45. The molecule has 0 aliphatic carbocycles. The molecule has 0 saturated carbocycles. The summed E-state index contributed by atoms with van der Waals surface area (Å²) in [6.45, 7) is 4.62. The van der Waals surface area contributed by atoms with Crippen molar-refractivity contribution in [2.24, 2.45) is 5.73 Å². The largest absolute Gasteiger partial charge is 0.337 e. The normalized spacial score (nSPS) is 12.3. The number of carbonyl (C=O) groups excluding carboxylic acids is 1. The van der Waals surface area contributed by atoms with Crippen LogP contribution in [-0.4, -0.2) is 23.4 Å². The van der Waals surface area contributed by atoms with Crippen LogP contribution in [0.5, 0.6) is 0 Å². The van der Waals surface area contributed by atoms with Crippen LogP contribution in [0.25, 0.3) is 0 Å². The first kappa shape index (κ1) is 16.1. The van der Waals surface area contributed by atoms with E-state index in [1.807, 2.05) is 13.8 Å². The number of nitrogens with two attached hydrogens (primary N) is 1. The predicted molar refractivity (Wildman–Crippen MR) is 78.1 cm³/mol. The van der Waals surface area contributed by atoms with Crippen molar-refractivity contribution >= 4 is 21.8 Å². The van der Waals surface area contributed by atoms with Gasteiger partial charge in [-0.05, 0) is 31.5 Å². The van der Waals surface area contributed by atoms with Crippen LogP contribution in [0.2, 0.25) is 0 Å². The predicted octanol–water partition coefficient (Wildman–Crippen LogP) is 3.06. The van der Waals surface area contributed by atoms with Gasteiger partial charge in [0.25, 0.3) is 0 Å². The second kappa shape index (κ2) is 7.60. The molecule has 1 aromatic rings. The second-order valence-electron chi connectivity index (χ2n) is 4.48. The highest BCUT2D eigenvalue weighted by Crippen LogP contribution is 2.17. The second-order valence-corrected chi connectivity index (χ2v) is 5.40. The highest BCUT2D eigenvalue weighted by Gasteiger charge is 2.20. The van der Waals surface area contributed by atoms with E-state index in [-0.39, 0.29) is 18.3 Å². The molecule has 0 bridgehead atoms. The molecule has 106 valence electrons. The molecular weight excluding hydrogens is 311 g/mol. The molecule has 1 aromatic carbocycles. The van der Waals surface area contributed by atoms with Gasteiger partial charge in [0.15, 0.2) is 0 Å². The summed E-state index contributed by atoms with van der Waals surface area (Å²) >= 11 is 3.30. The van der Waals surface area contributed by atoms with Crippen molar-refractivity contribution in [3.05, 3.63) is 34.1 Å². The van der Waals surface area contributed by atoms with Crippen LogP contribution < -0.4 is 5.73 Å². The number of nitrogens with zero attached hydrogens (tertiary/aromatic N) is 1. The van der Waals surface area contributed by atoms with Crippen molar-refractivity contribution in [3.63, 3.8) is 0 Å². The lowest BCUT2D eigenvalue weighted by Crippen LogP contribution is -2.43. The molecule has 0 saturated heterocycles. The maximum absolute atomic E-state index is 13.7. The number of halogens is 2. The molecule has 0 aliphatic heterocycles. The first-order chi connectivity index (χ1) is 8.99. The van der Waals surface area contributed by atoms with E-state index in [0.29, 0.717) is 18.5 Å². The lowest BCUT2D eigenvalue weighted by atomic mass is 10.1. The van der Waals surface area contributed by atoms with Gasteiger partial charge in [-0.2, -0.15) is 0 Å². The van der Waals surface area contributed by atoms with Gasteiger partial charge in [-0.15, -0.1) is 0 Å². The van der Waals surface area contributed by atoms with Crippen LogP contribution in [0.1, 0.15) is 32.3 Å². The summed E-state index contributed by atoms with van der Waals surface area (Å²) in [6.07, 6.45) is 1.51. The first-order valence-electron chi connectivity index (χ1n) is 6.47. The van der Waals surface area contributed by atoms with E-state index in [2.05, 4.69) is 15.9 Å². The highest BCUT2D eigenvalue weighted by atomic mass is 79.9. The standard InChI is InChI=1S/C14H20BrFN2O/c1-3-5-13(17)14(19)18(4-2)9-10-8-11(15)6-7-12(10)16/h6-8,13H,3-5,9,17H2,1-2H3. The molecule has 1 amide bonds. The summed E-state index contributed by atoms with van der Waals surface area (Å²) < 4.78 is 14.5. The van der Waals surface area contributed by atoms with Crippen molar-refractivity contribution in [3.8, 4) is 0 Å². The van der Waals surface area contributed by atoms with Gasteiger partial charge in [0.1, 0.15) is 5.82 Å². The van der Waals surface area contributed by atoms with Crippen LogP contribution in [0.3, 0.4) is 0 Å². The van der Waals surface area contributed by atoms with Gasteiger partial charge < -0.3 is 10.6 Å². The third-order valence-electron chi connectivity index (χ3n) is 2.98. The molecule has 0 aliphatic rings. The molecular formula is C14H20BrFN2O. The van der Waals surface area contributed by atoms with Gasteiger partial charge in [0.2, 0.25) is 5.91 Å². The number of likely N-dealkylation sites (N-methyl/N-ethyl adjacent to an activating group) is 1. The van der Waals surface area contributed by atoms with E-state index in [9.17, 15) is 9.18 Å². The van der Waals surface area contributed by atoms with Crippen LogP contribution in [-0.2, 0) is 11.3 Å². The zero-order valence-corrected chi connectivity index (χ0v) is 12.9. The smallest absolute Gasteiger partial charge is 0.239 e. The van der Waals surface area contributed by atoms with Crippen LogP contribution in [0.4, 0.5) is 4.39 Å². The van der Waals surface area contributed by atoms with Crippen LogP contribution in [0.15, 0.2) is 22.7 Å². The fourth-order valence-corrected chi connectivity index (χ4v) is 2.29. The molecule has 1 unspecified atom stereocenters. The zero-order chi connectivity index (χ0) is 14.4. The molecule has 0 fully saturated rings. The minimum atomic E-state index is -0.500. The highest BCUT2D eigenvalue weighted by molar-refractivity contribution is 9.10. The van der Waals surface area contributed by atoms with Gasteiger partial charge in [-0.3, -0.25) is 4.79 Å². The summed E-state index contributed by atoms with van der Waals surface area (Å²) in [5.74, 6) is -0.428. The lowest BCUT2D eigenvalue weighted by molar-refractivity contribution is -0.133. The topological polar surface area (TPSA) is 46.3 Å². The van der Waals surface area contributed by atoms with Crippen molar-refractivity contribution in [2.75, 3.05) is 6.54 Å². The Morgan fingerprint density at radius 2 is 2.16 bits per heavy atom. The summed E-state index contributed by atoms with van der Waals surface area (Å²) in [5.41, 5.74) is 6.33. The SMILES string of the molecule is CCCC(N)C(=O)N(CC)Cc1cc(Br)ccc1F. The number of amides is 1. The first-order valence-corrected chi connectivity index (χ1v) is 7.27. The summed E-state index contributed by atoms with van der Waals surface area (Å²) in [6, 6.07) is 4.22. The molecule has 19 heavy (non-hydrogen) atoms. The molecule has 0 spiro atoms. The average Bonchev–Trinajstić information content (AvgIpc) is 2.39. The summed E-state index contributed by atoms with van der Waals surface area (Å²) in [7, 11) is 0. The van der Waals surface area contributed by atoms with Gasteiger partial charge >= 0.3 is 0 Å². The van der Waals surface area contributed by atoms with Gasteiger partial charge in [0, 0.05) is 23.1 Å². The lowest BCUT2D eigenvalue weighted by Gasteiger charge is -2.24. The Morgan fingerprint density at radius 3 is 2.74 bits per heavy atom. The van der Waals surface area contributed by atoms with Crippen molar-refractivity contribution in [1.82, 2.24) is 4.90 Å². The molecule has 0 radical (unpaired) electrons. The van der Waals surface area contributed by atoms with Gasteiger partial charge in [0.05, 0.1) is 6.04 Å². The van der Waals surface area contributed by atoms with Gasteiger partial charge in [-0.25, -0.2) is 4.39 Å². The fraction of sp³-hybridized carbons (Fsp3) is 0.500. The Hall–Kier alpha value is -0.940. The maximum atomic E-state index is 13.7. The van der Waals surface area contributed by atoms with Crippen molar-refractivity contribution in [1.29, 1.82) is 0 Å². The molecule has 0 heterocycles. The monoisotopic (exact) mass is 330 g/mol. The van der Waals surface area contributed by atoms with Crippen LogP contribution in [0, 0.1) is 5.82 Å². The van der Waals surface area contributed by atoms with Crippen molar-refractivity contribution < 1.29 is 9.18 Å². The number of hydrogen-bond donors (Lipinski definition) is 1. The van der Waals surface area contributed by atoms with E-state index in [1.165, 1.54) is 6.07 Å². The van der Waals surface area contributed by atoms with E-state index < -0.39 is 6.04 Å². The third kappa shape index (κ3) is 4.58. The third-order valence-corrected chi connectivity index (χ3v) is 3.47. The Bertz CT molecular complexity index is 439. The molecule has 1 rings (SSSR count). The molecule has 3 nitrogen and oxygen atoms in total. The fourth-order valence-electron chi connectivity index (χ4n) is 1.88. The van der Waals surface area contributed by atoms with E-state index in [4.69, 9.17) is 5.73 Å². The molecule has 2 N–H and O–H groups in total. The van der Waals surface area contributed by atoms with Gasteiger partial charge in [-0.1, -0.05) is 29.3 Å².